The van der Waals surface area contributed by atoms with E-state index in [1.807, 2.05) is 24.3 Å². The lowest BCUT2D eigenvalue weighted by atomic mass is 10.1. The summed E-state index contributed by atoms with van der Waals surface area (Å²) in [6, 6.07) is 7.78. The molecule has 1 fully saturated rings. The first-order valence-electron chi connectivity index (χ1n) is 4.94. The van der Waals surface area contributed by atoms with Gasteiger partial charge in [-0.3, -0.25) is 0 Å². The zero-order valence-corrected chi connectivity index (χ0v) is 8.85. The molecule has 3 heteroatoms. The van der Waals surface area contributed by atoms with Crippen LogP contribution in [0, 0.1) is 5.41 Å². The molecule has 0 saturated heterocycles. The van der Waals surface area contributed by atoms with Crippen LogP contribution in [0.15, 0.2) is 24.3 Å². The standard InChI is InChI=1S/C11H15ClN2/c12-9-1-3-10(4-2-9)14-8-11(7-13)5-6-11/h1-4,14H,5-8,13H2. The maximum Gasteiger partial charge on any atom is 0.0407 e. The smallest absolute Gasteiger partial charge is 0.0407 e. The van der Waals surface area contributed by atoms with E-state index in [4.69, 9.17) is 17.3 Å². The van der Waals surface area contributed by atoms with Crippen molar-refractivity contribution in [2.75, 3.05) is 18.4 Å². The molecule has 0 radical (unpaired) electrons. The van der Waals surface area contributed by atoms with E-state index in [2.05, 4.69) is 5.32 Å². The Bertz CT molecular complexity index is 304. The monoisotopic (exact) mass is 210 g/mol. The van der Waals surface area contributed by atoms with Gasteiger partial charge in [0.15, 0.2) is 0 Å². The van der Waals surface area contributed by atoms with E-state index in [-0.39, 0.29) is 0 Å². The Kier molecular flexibility index (Phi) is 2.66. The second-order valence-corrected chi connectivity index (χ2v) is 4.50. The highest BCUT2D eigenvalue weighted by Crippen LogP contribution is 2.44. The van der Waals surface area contributed by atoms with E-state index in [0.29, 0.717) is 5.41 Å². The molecule has 1 saturated carbocycles. The Hall–Kier alpha value is -0.730. The van der Waals surface area contributed by atoms with Crippen LogP contribution in [0.25, 0.3) is 0 Å². The topological polar surface area (TPSA) is 38.0 Å². The molecule has 1 aliphatic rings. The van der Waals surface area contributed by atoms with Crippen LogP contribution in [-0.2, 0) is 0 Å². The third-order valence-electron chi connectivity index (χ3n) is 2.90. The van der Waals surface area contributed by atoms with Gasteiger partial charge in [-0.15, -0.1) is 0 Å². The molecule has 0 unspecified atom stereocenters. The first kappa shape index (κ1) is 9.81. The van der Waals surface area contributed by atoms with Crippen molar-refractivity contribution in [2.45, 2.75) is 12.8 Å². The maximum atomic E-state index is 5.79. The third kappa shape index (κ3) is 2.20. The molecular weight excluding hydrogens is 196 g/mol. The quantitative estimate of drug-likeness (QED) is 0.802. The molecule has 1 aliphatic carbocycles. The zero-order chi connectivity index (χ0) is 10.0. The largest absolute Gasteiger partial charge is 0.384 e. The lowest BCUT2D eigenvalue weighted by molar-refractivity contribution is 0.556. The number of rotatable bonds is 4. The molecule has 0 spiro atoms. The lowest BCUT2D eigenvalue weighted by Gasteiger charge is -2.14. The van der Waals surface area contributed by atoms with Crippen molar-refractivity contribution in [1.82, 2.24) is 0 Å². The van der Waals surface area contributed by atoms with Gasteiger partial charge >= 0.3 is 0 Å². The summed E-state index contributed by atoms with van der Waals surface area (Å²) in [5, 5.41) is 4.16. The van der Waals surface area contributed by atoms with Crippen molar-refractivity contribution in [3.63, 3.8) is 0 Å². The fourth-order valence-corrected chi connectivity index (χ4v) is 1.61. The van der Waals surface area contributed by atoms with Gasteiger partial charge in [0, 0.05) is 17.3 Å². The minimum atomic E-state index is 0.375. The molecule has 1 aromatic carbocycles. The van der Waals surface area contributed by atoms with E-state index >= 15 is 0 Å². The molecule has 0 aliphatic heterocycles. The number of nitrogens with one attached hydrogen (secondary N) is 1. The van der Waals surface area contributed by atoms with Crippen LogP contribution in [-0.4, -0.2) is 13.1 Å². The third-order valence-corrected chi connectivity index (χ3v) is 3.15. The average molecular weight is 211 g/mol. The van der Waals surface area contributed by atoms with E-state index in [9.17, 15) is 0 Å². The summed E-state index contributed by atoms with van der Waals surface area (Å²) >= 11 is 5.79. The van der Waals surface area contributed by atoms with Crippen LogP contribution in [0.3, 0.4) is 0 Å². The summed E-state index contributed by atoms with van der Waals surface area (Å²) < 4.78 is 0. The van der Waals surface area contributed by atoms with Gasteiger partial charge < -0.3 is 11.1 Å². The maximum absolute atomic E-state index is 5.79. The van der Waals surface area contributed by atoms with Crippen molar-refractivity contribution in [2.24, 2.45) is 11.1 Å². The Morgan fingerprint density at radius 1 is 1.29 bits per heavy atom. The van der Waals surface area contributed by atoms with Gasteiger partial charge in [0.05, 0.1) is 0 Å². The fourth-order valence-electron chi connectivity index (χ4n) is 1.49. The predicted molar refractivity (Wildman–Crippen MR) is 60.7 cm³/mol. The number of anilines is 1. The van der Waals surface area contributed by atoms with Gasteiger partial charge in [0.2, 0.25) is 0 Å². The van der Waals surface area contributed by atoms with Crippen molar-refractivity contribution in [3.05, 3.63) is 29.3 Å². The van der Waals surface area contributed by atoms with E-state index in [0.717, 1.165) is 23.8 Å². The molecule has 76 valence electrons. The van der Waals surface area contributed by atoms with Gasteiger partial charge in [-0.05, 0) is 49.1 Å². The molecule has 0 aromatic heterocycles. The second kappa shape index (κ2) is 3.79. The van der Waals surface area contributed by atoms with Gasteiger partial charge in [-0.2, -0.15) is 0 Å². The molecule has 0 atom stereocenters. The Labute approximate surface area is 89.4 Å². The van der Waals surface area contributed by atoms with Gasteiger partial charge in [-0.25, -0.2) is 0 Å². The number of benzene rings is 1. The van der Waals surface area contributed by atoms with Gasteiger partial charge in [-0.1, -0.05) is 11.6 Å². The molecule has 14 heavy (non-hydrogen) atoms. The van der Waals surface area contributed by atoms with Crippen LogP contribution in [0.2, 0.25) is 5.02 Å². The van der Waals surface area contributed by atoms with E-state index in [1.165, 1.54) is 12.8 Å². The number of halogens is 1. The number of nitrogens with two attached hydrogens (primary N) is 1. The van der Waals surface area contributed by atoms with E-state index in [1.54, 1.807) is 0 Å². The van der Waals surface area contributed by atoms with Gasteiger partial charge in [0.25, 0.3) is 0 Å². The number of hydrogen-bond acceptors (Lipinski definition) is 2. The van der Waals surface area contributed by atoms with Crippen molar-refractivity contribution in [1.29, 1.82) is 0 Å². The summed E-state index contributed by atoms with van der Waals surface area (Å²) in [4.78, 5) is 0. The van der Waals surface area contributed by atoms with Crippen molar-refractivity contribution in [3.8, 4) is 0 Å². The van der Waals surface area contributed by atoms with Crippen molar-refractivity contribution >= 4 is 17.3 Å². The Balaban J connectivity index is 1.89. The lowest BCUT2D eigenvalue weighted by Crippen LogP contribution is -2.24. The highest BCUT2D eigenvalue weighted by atomic mass is 35.5. The summed E-state index contributed by atoms with van der Waals surface area (Å²) in [6.07, 6.45) is 2.51. The molecule has 0 bridgehead atoms. The SMILES string of the molecule is NCC1(CNc2ccc(Cl)cc2)CC1. The number of hydrogen-bond donors (Lipinski definition) is 2. The molecule has 2 rings (SSSR count). The molecule has 1 aromatic rings. The van der Waals surface area contributed by atoms with Gasteiger partial charge in [0.1, 0.15) is 0 Å². The first-order valence-corrected chi connectivity index (χ1v) is 5.31. The second-order valence-electron chi connectivity index (χ2n) is 4.06. The summed E-state index contributed by atoms with van der Waals surface area (Å²) in [7, 11) is 0. The first-order chi connectivity index (χ1) is 6.74. The molecule has 2 nitrogen and oxygen atoms in total. The van der Waals surface area contributed by atoms with Crippen molar-refractivity contribution < 1.29 is 0 Å². The zero-order valence-electron chi connectivity index (χ0n) is 8.09. The summed E-state index contributed by atoms with van der Waals surface area (Å²) in [6.45, 7) is 1.76. The van der Waals surface area contributed by atoms with Crippen LogP contribution in [0.4, 0.5) is 5.69 Å². The highest BCUT2D eigenvalue weighted by Gasteiger charge is 2.40. The minimum absolute atomic E-state index is 0.375. The molecule has 3 N–H and O–H groups in total. The predicted octanol–water partition coefficient (Wildman–Crippen LogP) is 2.49. The van der Waals surface area contributed by atoms with Crippen LogP contribution in [0.5, 0.6) is 0 Å². The van der Waals surface area contributed by atoms with Crippen LogP contribution >= 0.6 is 11.6 Å². The van der Waals surface area contributed by atoms with E-state index < -0.39 is 0 Å². The average Bonchev–Trinajstić information content (AvgIpc) is 2.98. The molecule has 0 amide bonds. The molecule has 0 heterocycles. The molecular formula is C11H15ClN2. The minimum Gasteiger partial charge on any atom is -0.384 e. The Morgan fingerprint density at radius 3 is 2.43 bits per heavy atom. The summed E-state index contributed by atoms with van der Waals surface area (Å²) in [5.41, 5.74) is 7.19. The van der Waals surface area contributed by atoms with Crippen LogP contribution in [0.1, 0.15) is 12.8 Å². The Morgan fingerprint density at radius 2 is 1.93 bits per heavy atom. The van der Waals surface area contributed by atoms with Crippen LogP contribution < -0.4 is 11.1 Å². The summed E-state index contributed by atoms with van der Waals surface area (Å²) in [5.74, 6) is 0. The highest BCUT2D eigenvalue weighted by molar-refractivity contribution is 6.30. The normalized spacial score (nSPS) is 17.9. The fraction of sp³-hybridized carbons (Fsp3) is 0.455.